The van der Waals surface area contributed by atoms with Crippen LogP contribution in [0, 0.1) is 12.7 Å². The van der Waals surface area contributed by atoms with E-state index in [0.717, 1.165) is 31.7 Å². The SMILES string of the molecule is CCCNCCCCOc1ccc(F)c(C)c1. The van der Waals surface area contributed by atoms with Gasteiger partial charge in [0.1, 0.15) is 11.6 Å². The Bertz CT molecular complexity index is 328. The molecule has 1 aromatic rings. The monoisotopic (exact) mass is 239 g/mol. The summed E-state index contributed by atoms with van der Waals surface area (Å²) in [5.41, 5.74) is 0.632. The van der Waals surface area contributed by atoms with Crippen LogP contribution in [0.2, 0.25) is 0 Å². The lowest BCUT2D eigenvalue weighted by molar-refractivity contribution is 0.305. The van der Waals surface area contributed by atoms with Gasteiger partial charge >= 0.3 is 0 Å². The minimum absolute atomic E-state index is 0.180. The minimum Gasteiger partial charge on any atom is -0.494 e. The summed E-state index contributed by atoms with van der Waals surface area (Å²) in [7, 11) is 0. The lowest BCUT2D eigenvalue weighted by Gasteiger charge is -2.07. The zero-order valence-electron chi connectivity index (χ0n) is 10.8. The fraction of sp³-hybridized carbons (Fsp3) is 0.571. The molecular weight excluding hydrogens is 217 g/mol. The molecule has 1 aromatic carbocycles. The van der Waals surface area contributed by atoms with Crippen LogP contribution < -0.4 is 10.1 Å². The van der Waals surface area contributed by atoms with Crippen molar-refractivity contribution in [2.45, 2.75) is 33.1 Å². The Hall–Kier alpha value is -1.09. The molecule has 1 rings (SSSR count). The van der Waals surface area contributed by atoms with Gasteiger partial charge in [-0.3, -0.25) is 0 Å². The van der Waals surface area contributed by atoms with Gasteiger partial charge in [-0.1, -0.05) is 6.92 Å². The molecule has 0 aliphatic carbocycles. The summed E-state index contributed by atoms with van der Waals surface area (Å²) in [4.78, 5) is 0. The van der Waals surface area contributed by atoms with Crippen molar-refractivity contribution in [3.63, 3.8) is 0 Å². The summed E-state index contributed by atoms with van der Waals surface area (Å²) in [6.07, 6.45) is 3.30. The molecule has 0 aromatic heterocycles. The average Bonchev–Trinajstić information content (AvgIpc) is 2.32. The molecule has 0 heterocycles. The number of aryl methyl sites for hydroxylation is 1. The third-order valence-electron chi connectivity index (χ3n) is 2.57. The topological polar surface area (TPSA) is 21.3 Å². The molecule has 0 saturated carbocycles. The largest absolute Gasteiger partial charge is 0.494 e. The Morgan fingerprint density at radius 3 is 2.76 bits per heavy atom. The van der Waals surface area contributed by atoms with Crippen molar-refractivity contribution in [3.8, 4) is 5.75 Å². The summed E-state index contributed by atoms with van der Waals surface area (Å²) >= 11 is 0. The van der Waals surface area contributed by atoms with Gasteiger partial charge in [-0.05, 0) is 63.0 Å². The number of hydrogen-bond donors (Lipinski definition) is 1. The summed E-state index contributed by atoms with van der Waals surface area (Å²) in [6.45, 7) is 6.72. The second-order valence-electron chi connectivity index (χ2n) is 4.22. The highest BCUT2D eigenvalue weighted by molar-refractivity contribution is 5.28. The van der Waals surface area contributed by atoms with E-state index in [4.69, 9.17) is 4.74 Å². The normalized spacial score (nSPS) is 10.5. The molecule has 17 heavy (non-hydrogen) atoms. The van der Waals surface area contributed by atoms with E-state index in [1.807, 2.05) is 0 Å². The molecule has 0 amide bonds. The first-order valence-electron chi connectivity index (χ1n) is 6.33. The number of halogens is 1. The average molecular weight is 239 g/mol. The third-order valence-corrected chi connectivity index (χ3v) is 2.57. The molecule has 0 bridgehead atoms. The van der Waals surface area contributed by atoms with Crippen LogP contribution in [-0.2, 0) is 0 Å². The van der Waals surface area contributed by atoms with Gasteiger partial charge in [0.25, 0.3) is 0 Å². The van der Waals surface area contributed by atoms with Crippen LogP contribution in [0.5, 0.6) is 5.75 Å². The van der Waals surface area contributed by atoms with Crippen LogP contribution in [0.4, 0.5) is 4.39 Å². The fourth-order valence-corrected chi connectivity index (χ4v) is 1.55. The second kappa shape index (κ2) is 8.07. The van der Waals surface area contributed by atoms with Crippen LogP contribution in [0.3, 0.4) is 0 Å². The first-order valence-corrected chi connectivity index (χ1v) is 6.33. The van der Waals surface area contributed by atoms with Crippen LogP contribution in [0.25, 0.3) is 0 Å². The van der Waals surface area contributed by atoms with E-state index in [9.17, 15) is 4.39 Å². The molecule has 0 aliphatic heterocycles. The second-order valence-corrected chi connectivity index (χ2v) is 4.22. The highest BCUT2D eigenvalue weighted by Crippen LogP contribution is 2.16. The van der Waals surface area contributed by atoms with E-state index in [1.165, 1.54) is 12.5 Å². The van der Waals surface area contributed by atoms with Crippen molar-refractivity contribution in [2.24, 2.45) is 0 Å². The summed E-state index contributed by atoms with van der Waals surface area (Å²) in [6, 6.07) is 4.87. The van der Waals surface area contributed by atoms with Gasteiger partial charge in [0.15, 0.2) is 0 Å². The van der Waals surface area contributed by atoms with Crippen molar-refractivity contribution in [3.05, 3.63) is 29.6 Å². The summed E-state index contributed by atoms with van der Waals surface area (Å²) < 4.78 is 18.6. The number of benzene rings is 1. The van der Waals surface area contributed by atoms with E-state index < -0.39 is 0 Å². The quantitative estimate of drug-likeness (QED) is 0.703. The Balaban J connectivity index is 2.11. The molecule has 2 nitrogen and oxygen atoms in total. The van der Waals surface area contributed by atoms with E-state index in [2.05, 4.69) is 12.2 Å². The third kappa shape index (κ3) is 5.68. The van der Waals surface area contributed by atoms with Crippen molar-refractivity contribution < 1.29 is 9.13 Å². The van der Waals surface area contributed by atoms with Gasteiger partial charge in [0, 0.05) is 0 Å². The molecule has 3 heteroatoms. The number of rotatable bonds is 8. The predicted molar refractivity (Wildman–Crippen MR) is 69.0 cm³/mol. The van der Waals surface area contributed by atoms with Gasteiger partial charge in [-0.15, -0.1) is 0 Å². The lowest BCUT2D eigenvalue weighted by atomic mass is 10.2. The summed E-state index contributed by atoms with van der Waals surface area (Å²) in [5, 5.41) is 3.35. The Kier molecular flexibility index (Phi) is 6.63. The van der Waals surface area contributed by atoms with E-state index >= 15 is 0 Å². The van der Waals surface area contributed by atoms with Gasteiger partial charge in [0.2, 0.25) is 0 Å². The molecule has 96 valence electrons. The molecule has 0 unspecified atom stereocenters. The maximum Gasteiger partial charge on any atom is 0.126 e. The van der Waals surface area contributed by atoms with Crippen LogP contribution in [0.1, 0.15) is 31.7 Å². The number of unbranched alkanes of at least 4 members (excludes halogenated alkanes) is 1. The molecule has 0 spiro atoms. The van der Waals surface area contributed by atoms with Crippen LogP contribution in [-0.4, -0.2) is 19.7 Å². The lowest BCUT2D eigenvalue weighted by Crippen LogP contribution is -2.16. The van der Waals surface area contributed by atoms with Crippen molar-refractivity contribution >= 4 is 0 Å². The van der Waals surface area contributed by atoms with Crippen LogP contribution >= 0.6 is 0 Å². The molecule has 1 N–H and O–H groups in total. The van der Waals surface area contributed by atoms with E-state index in [1.54, 1.807) is 19.1 Å². The standard InChI is InChI=1S/C14H22FNO/c1-3-8-16-9-4-5-10-17-13-6-7-14(15)12(2)11-13/h6-7,11,16H,3-5,8-10H2,1-2H3. The molecule has 0 radical (unpaired) electrons. The van der Waals surface area contributed by atoms with Gasteiger partial charge in [0.05, 0.1) is 6.61 Å². The van der Waals surface area contributed by atoms with Gasteiger partial charge in [-0.25, -0.2) is 4.39 Å². The zero-order chi connectivity index (χ0) is 12.5. The predicted octanol–water partition coefficient (Wildman–Crippen LogP) is 3.29. The van der Waals surface area contributed by atoms with E-state index in [-0.39, 0.29) is 5.82 Å². The van der Waals surface area contributed by atoms with Gasteiger partial charge < -0.3 is 10.1 Å². The number of hydrogen-bond acceptors (Lipinski definition) is 2. The zero-order valence-corrected chi connectivity index (χ0v) is 10.8. The smallest absolute Gasteiger partial charge is 0.126 e. The fourth-order valence-electron chi connectivity index (χ4n) is 1.55. The maximum atomic E-state index is 13.0. The Morgan fingerprint density at radius 1 is 1.24 bits per heavy atom. The molecule has 0 aliphatic rings. The van der Waals surface area contributed by atoms with Crippen LogP contribution in [0.15, 0.2) is 18.2 Å². The Labute approximate surface area is 103 Å². The maximum absolute atomic E-state index is 13.0. The van der Waals surface area contributed by atoms with Crippen molar-refractivity contribution in [1.29, 1.82) is 0 Å². The number of ether oxygens (including phenoxy) is 1. The molecule has 0 saturated heterocycles. The van der Waals surface area contributed by atoms with Crippen molar-refractivity contribution in [2.75, 3.05) is 19.7 Å². The molecular formula is C14H22FNO. The summed E-state index contributed by atoms with van der Waals surface area (Å²) in [5.74, 6) is 0.575. The molecule has 0 atom stereocenters. The highest BCUT2D eigenvalue weighted by Gasteiger charge is 1.99. The van der Waals surface area contributed by atoms with Crippen molar-refractivity contribution in [1.82, 2.24) is 5.32 Å². The molecule has 0 fully saturated rings. The first-order chi connectivity index (χ1) is 8.24. The van der Waals surface area contributed by atoms with E-state index in [0.29, 0.717) is 12.2 Å². The number of nitrogens with one attached hydrogen (secondary N) is 1. The highest BCUT2D eigenvalue weighted by atomic mass is 19.1. The first kappa shape index (κ1) is 14.0. The minimum atomic E-state index is -0.180. The Morgan fingerprint density at radius 2 is 2.06 bits per heavy atom. The van der Waals surface area contributed by atoms with Gasteiger partial charge in [-0.2, -0.15) is 0 Å².